The number of nitrogens with zero attached hydrogens (tertiary/aromatic N) is 3. The molecule has 2 aromatic rings. The minimum absolute atomic E-state index is 0.00247. The number of halogens is 1. The number of nitriles is 1. The minimum Gasteiger partial charge on any atom is -0.264 e. The molecule has 1 heterocycles. The zero-order valence-corrected chi connectivity index (χ0v) is 13.8. The fourth-order valence-corrected chi connectivity index (χ4v) is 4.33. The van der Waals surface area contributed by atoms with E-state index in [9.17, 15) is 8.42 Å². The van der Waals surface area contributed by atoms with Crippen LogP contribution in [0, 0.1) is 17.2 Å². The highest BCUT2D eigenvalue weighted by Crippen LogP contribution is 2.35. The molecule has 0 unspecified atom stereocenters. The van der Waals surface area contributed by atoms with Crippen molar-refractivity contribution >= 4 is 27.3 Å². The number of rotatable bonds is 5. The first-order valence-corrected chi connectivity index (χ1v) is 8.96. The lowest BCUT2D eigenvalue weighted by molar-refractivity contribution is 0.588. The quantitative estimate of drug-likeness (QED) is 0.832. The van der Waals surface area contributed by atoms with Crippen molar-refractivity contribution in [2.24, 2.45) is 5.92 Å². The fraction of sp³-hybridized carbons (Fsp3) is 0.250. The Bertz CT molecular complexity index is 859. The second kappa shape index (κ2) is 6.19. The average Bonchev–Trinajstić information content (AvgIpc) is 3.37. The van der Waals surface area contributed by atoms with Crippen LogP contribution in [0.25, 0.3) is 0 Å². The van der Waals surface area contributed by atoms with Gasteiger partial charge in [-0.1, -0.05) is 11.6 Å². The van der Waals surface area contributed by atoms with Crippen LogP contribution in [0.4, 0.5) is 5.69 Å². The van der Waals surface area contributed by atoms with Gasteiger partial charge in [0.2, 0.25) is 0 Å². The van der Waals surface area contributed by atoms with Crippen LogP contribution in [-0.4, -0.2) is 19.9 Å². The van der Waals surface area contributed by atoms with Gasteiger partial charge in [-0.25, -0.2) is 8.42 Å². The summed E-state index contributed by atoms with van der Waals surface area (Å²) in [6.07, 6.45) is 5.17. The molecule has 1 fully saturated rings. The van der Waals surface area contributed by atoms with E-state index >= 15 is 0 Å². The van der Waals surface area contributed by atoms with Crippen molar-refractivity contribution in [2.45, 2.75) is 17.7 Å². The summed E-state index contributed by atoms with van der Waals surface area (Å²) in [5.41, 5.74) is 0.837. The molecule has 1 aromatic carbocycles. The Morgan fingerprint density at radius 1 is 1.35 bits per heavy atom. The van der Waals surface area contributed by atoms with Gasteiger partial charge < -0.3 is 0 Å². The monoisotopic (exact) mass is 347 g/mol. The molecule has 1 aliphatic rings. The minimum atomic E-state index is -3.81. The van der Waals surface area contributed by atoms with Gasteiger partial charge in [0.15, 0.2) is 0 Å². The number of hydrogen-bond donors (Lipinski definition) is 0. The van der Waals surface area contributed by atoms with Crippen molar-refractivity contribution in [3.05, 3.63) is 53.3 Å². The zero-order chi connectivity index (χ0) is 16.4. The van der Waals surface area contributed by atoms with Crippen molar-refractivity contribution in [2.75, 3.05) is 10.8 Å². The first-order valence-electron chi connectivity index (χ1n) is 7.15. The Labute approximate surface area is 140 Å². The second-order valence-electron chi connectivity index (χ2n) is 5.45. The Balaban J connectivity index is 2.05. The van der Waals surface area contributed by atoms with Gasteiger partial charge in [-0.05, 0) is 49.1 Å². The van der Waals surface area contributed by atoms with E-state index in [-0.39, 0.29) is 9.92 Å². The van der Waals surface area contributed by atoms with Gasteiger partial charge in [0.05, 0.1) is 28.5 Å². The van der Waals surface area contributed by atoms with Crippen LogP contribution in [0.2, 0.25) is 5.02 Å². The number of aromatic nitrogens is 1. The van der Waals surface area contributed by atoms with Gasteiger partial charge >= 0.3 is 0 Å². The predicted octanol–water partition coefficient (Wildman–Crippen LogP) is 3.21. The second-order valence-corrected chi connectivity index (χ2v) is 7.69. The van der Waals surface area contributed by atoms with Crippen molar-refractivity contribution < 1.29 is 8.42 Å². The number of benzene rings is 1. The summed E-state index contributed by atoms with van der Waals surface area (Å²) in [4.78, 5) is 4.01. The van der Waals surface area contributed by atoms with Gasteiger partial charge in [-0.3, -0.25) is 9.29 Å². The highest BCUT2D eigenvalue weighted by Gasteiger charge is 2.33. The summed E-state index contributed by atoms with van der Waals surface area (Å²) in [6.45, 7) is 0.407. The fourth-order valence-electron chi connectivity index (χ4n) is 2.28. The van der Waals surface area contributed by atoms with E-state index in [2.05, 4.69) is 4.98 Å². The van der Waals surface area contributed by atoms with Crippen LogP contribution in [0.1, 0.15) is 18.4 Å². The summed E-state index contributed by atoms with van der Waals surface area (Å²) < 4.78 is 27.4. The van der Waals surface area contributed by atoms with Crippen molar-refractivity contribution in [1.29, 1.82) is 5.26 Å². The summed E-state index contributed by atoms with van der Waals surface area (Å²) in [5, 5.41) is 8.94. The molecule has 0 amide bonds. The molecule has 23 heavy (non-hydrogen) atoms. The molecule has 1 saturated carbocycles. The normalized spacial score (nSPS) is 14.3. The molecule has 1 aliphatic carbocycles. The molecule has 1 aromatic heterocycles. The van der Waals surface area contributed by atoms with E-state index in [1.165, 1.54) is 28.7 Å². The maximum Gasteiger partial charge on any atom is 0.265 e. The van der Waals surface area contributed by atoms with Crippen molar-refractivity contribution in [3.63, 3.8) is 0 Å². The standard InChI is InChI=1S/C16H14ClN3O2S/c17-15-8-13(9-18)5-6-16(15)23(21,22)20(11-12-3-4-12)14-2-1-7-19-10-14/h1-2,5-8,10,12H,3-4,11H2. The molecule has 0 aliphatic heterocycles. The van der Waals surface area contributed by atoms with E-state index < -0.39 is 10.0 Å². The molecular weight excluding hydrogens is 334 g/mol. The highest BCUT2D eigenvalue weighted by molar-refractivity contribution is 7.93. The molecule has 5 nitrogen and oxygen atoms in total. The van der Waals surface area contributed by atoms with Crippen molar-refractivity contribution in [3.8, 4) is 6.07 Å². The van der Waals surface area contributed by atoms with Gasteiger partial charge in [-0.2, -0.15) is 5.26 Å². The molecule has 0 spiro atoms. The van der Waals surface area contributed by atoms with Crippen LogP contribution in [0.3, 0.4) is 0 Å². The van der Waals surface area contributed by atoms with Crippen LogP contribution in [0.15, 0.2) is 47.6 Å². The van der Waals surface area contributed by atoms with E-state index in [0.29, 0.717) is 23.7 Å². The Hall–Kier alpha value is -2.10. The lowest BCUT2D eigenvalue weighted by atomic mass is 10.2. The smallest absolute Gasteiger partial charge is 0.264 e. The molecular formula is C16H14ClN3O2S. The topological polar surface area (TPSA) is 74.1 Å². The predicted molar refractivity (Wildman–Crippen MR) is 87.7 cm³/mol. The van der Waals surface area contributed by atoms with Gasteiger partial charge in [0.1, 0.15) is 4.90 Å². The summed E-state index contributed by atoms with van der Waals surface area (Å²) in [7, 11) is -3.81. The van der Waals surface area contributed by atoms with E-state index in [4.69, 9.17) is 16.9 Å². The zero-order valence-electron chi connectivity index (χ0n) is 12.2. The summed E-state index contributed by atoms with van der Waals surface area (Å²) in [6, 6.07) is 9.56. The largest absolute Gasteiger partial charge is 0.265 e. The van der Waals surface area contributed by atoms with Crippen LogP contribution < -0.4 is 4.31 Å². The number of hydrogen-bond acceptors (Lipinski definition) is 4. The van der Waals surface area contributed by atoms with Gasteiger partial charge in [-0.15, -0.1) is 0 Å². The lowest BCUT2D eigenvalue weighted by Gasteiger charge is -2.24. The third-order valence-corrected chi connectivity index (χ3v) is 5.96. The molecule has 0 bridgehead atoms. The lowest BCUT2D eigenvalue weighted by Crippen LogP contribution is -2.33. The third-order valence-electron chi connectivity index (χ3n) is 3.68. The van der Waals surface area contributed by atoms with Gasteiger partial charge in [0, 0.05) is 12.7 Å². The van der Waals surface area contributed by atoms with Crippen LogP contribution in [0.5, 0.6) is 0 Å². The number of sulfonamides is 1. The molecule has 3 rings (SSSR count). The molecule has 7 heteroatoms. The van der Waals surface area contributed by atoms with Gasteiger partial charge in [0.25, 0.3) is 10.0 Å². The summed E-state index contributed by atoms with van der Waals surface area (Å²) >= 11 is 6.10. The maximum atomic E-state index is 13.0. The van der Waals surface area contributed by atoms with E-state index in [1.807, 2.05) is 6.07 Å². The highest BCUT2D eigenvalue weighted by atomic mass is 35.5. The van der Waals surface area contributed by atoms with Crippen molar-refractivity contribution in [1.82, 2.24) is 4.98 Å². The first-order chi connectivity index (χ1) is 11.0. The molecule has 118 valence electrons. The molecule has 0 radical (unpaired) electrons. The van der Waals surface area contributed by atoms with E-state index in [0.717, 1.165) is 12.8 Å². The summed E-state index contributed by atoms with van der Waals surface area (Å²) in [5.74, 6) is 0.363. The average molecular weight is 348 g/mol. The Kier molecular flexibility index (Phi) is 4.24. The number of pyridine rings is 1. The molecule has 0 saturated heterocycles. The van der Waals surface area contributed by atoms with Crippen LogP contribution >= 0.6 is 11.6 Å². The SMILES string of the molecule is N#Cc1ccc(S(=O)(=O)N(CC2CC2)c2cccnc2)c(Cl)c1. The molecule has 0 atom stereocenters. The Morgan fingerprint density at radius 2 is 2.13 bits per heavy atom. The van der Waals surface area contributed by atoms with E-state index in [1.54, 1.807) is 18.3 Å². The third kappa shape index (κ3) is 3.31. The molecule has 0 N–H and O–H groups in total. The van der Waals surface area contributed by atoms with Crippen LogP contribution in [-0.2, 0) is 10.0 Å². The number of anilines is 1. The maximum absolute atomic E-state index is 13.0. The Morgan fingerprint density at radius 3 is 2.70 bits per heavy atom. The first kappa shape index (κ1) is 15.8.